The number of fused-ring (bicyclic) bond motifs is 2. The maximum Gasteiger partial charge on any atom is 2.00 e. The Hall–Kier alpha value is -1.99. The molecule has 6 aromatic carbocycles. The summed E-state index contributed by atoms with van der Waals surface area (Å²) in [6.45, 7) is 0. The second-order valence-electron chi connectivity index (χ2n) is 9.10. The quantitative estimate of drug-likeness (QED) is 0.130. The second kappa shape index (κ2) is 16.2. The van der Waals surface area contributed by atoms with E-state index < -0.39 is 0 Å². The Labute approximate surface area is 319 Å². The third kappa shape index (κ3) is 8.68. The molecule has 0 unspecified atom stereocenters. The number of halogens is 6. The van der Waals surface area contributed by atoms with Crippen molar-refractivity contribution in [3.05, 3.63) is 124 Å². The van der Waals surface area contributed by atoms with Crippen LogP contribution in [0.3, 0.4) is 0 Å². The fraction of sp³-hybridized carbons (Fsp3) is 0. The third-order valence-corrected chi connectivity index (χ3v) is 9.52. The Morgan fingerprint density at radius 1 is 0.400 bits per heavy atom. The number of nitrogens with zero attached hydrogens (tertiary/aromatic N) is 4. The van der Waals surface area contributed by atoms with Gasteiger partial charge in [0.2, 0.25) is 0 Å². The molecule has 0 saturated heterocycles. The van der Waals surface area contributed by atoms with Gasteiger partial charge in [0.05, 0.1) is 11.4 Å². The van der Waals surface area contributed by atoms with Gasteiger partial charge in [-0.3, -0.25) is 0 Å². The Morgan fingerprint density at radius 3 is 1.07 bits per heavy atom. The topological polar surface area (TPSA) is 95.6 Å². The summed E-state index contributed by atoms with van der Waals surface area (Å²) in [5.74, 6) is -0.293. The van der Waals surface area contributed by atoms with E-state index in [0.29, 0.717) is 22.7 Å². The van der Waals surface area contributed by atoms with Crippen LogP contribution in [0.1, 0.15) is 0 Å². The standard InChI is InChI=1S/2C16H9Br3N2O.Ni/c2*17-10-7-12(18)16(13(19)8-10)21-20-15-11-4-2-1-3-9(11)5-6-14(15)22;/h2*1-8,22H;/q;;+2/p-2. The molecule has 6 nitrogen and oxygen atoms in total. The van der Waals surface area contributed by atoms with E-state index in [1.165, 1.54) is 12.1 Å². The van der Waals surface area contributed by atoms with E-state index in [-0.39, 0.29) is 28.0 Å². The van der Waals surface area contributed by atoms with Crippen LogP contribution in [-0.4, -0.2) is 0 Å². The van der Waals surface area contributed by atoms with E-state index in [4.69, 9.17) is 0 Å². The molecule has 0 amide bonds. The van der Waals surface area contributed by atoms with Crippen molar-refractivity contribution in [2.45, 2.75) is 0 Å². The molecule has 6 aromatic rings. The van der Waals surface area contributed by atoms with Crippen molar-refractivity contribution in [1.82, 2.24) is 0 Å². The second-order valence-corrected chi connectivity index (χ2v) is 14.4. The summed E-state index contributed by atoms with van der Waals surface area (Å²) < 4.78 is 4.96. The summed E-state index contributed by atoms with van der Waals surface area (Å²) >= 11 is 20.6. The SMILES string of the molecule is [Ni+2].[O-]c1ccc2ccccc2c1N=Nc1c(Br)cc(Br)cc1Br.[O-]c1ccc2ccccc2c1N=Nc1c(Br)cc(Br)cc1Br. The van der Waals surface area contributed by atoms with Crippen LogP contribution < -0.4 is 10.2 Å². The monoisotopic (exact) mass is 1020 g/mol. The minimum atomic E-state index is -0.146. The van der Waals surface area contributed by atoms with Crippen molar-refractivity contribution in [2.75, 3.05) is 0 Å². The van der Waals surface area contributed by atoms with E-state index in [2.05, 4.69) is 116 Å². The molecule has 45 heavy (non-hydrogen) atoms. The van der Waals surface area contributed by atoms with Crippen molar-refractivity contribution < 1.29 is 26.7 Å². The molecule has 0 radical (unpaired) electrons. The predicted octanol–water partition coefficient (Wildman–Crippen LogP) is 13.2. The number of hydrogen-bond acceptors (Lipinski definition) is 6. The van der Waals surface area contributed by atoms with Gasteiger partial charge in [0, 0.05) is 37.6 Å². The van der Waals surface area contributed by atoms with Gasteiger partial charge in [-0.15, -0.1) is 10.2 Å². The summed E-state index contributed by atoms with van der Waals surface area (Å²) in [5, 5.41) is 44.6. The minimum absolute atomic E-state index is 0. The Morgan fingerprint density at radius 2 is 0.711 bits per heavy atom. The molecule has 0 heterocycles. The Bertz CT molecular complexity index is 1900. The van der Waals surface area contributed by atoms with Gasteiger partial charge in [-0.05, 0) is 98.8 Å². The Kier molecular flexibility index (Phi) is 12.9. The van der Waals surface area contributed by atoms with E-state index in [0.717, 1.165) is 48.4 Å². The van der Waals surface area contributed by atoms with Crippen LogP contribution in [0.25, 0.3) is 21.5 Å². The van der Waals surface area contributed by atoms with Gasteiger partial charge < -0.3 is 10.2 Å². The molecular weight excluding hydrogens is 1010 g/mol. The maximum absolute atomic E-state index is 12.1. The van der Waals surface area contributed by atoms with Gasteiger partial charge in [0.15, 0.2) is 0 Å². The summed E-state index contributed by atoms with van der Waals surface area (Å²) in [7, 11) is 0. The molecule has 0 fully saturated rings. The van der Waals surface area contributed by atoms with Crippen LogP contribution >= 0.6 is 95.6 Å². The van der Waals surface area contributed by atoms with Gasteiger partial charge in [0.1, 0.15) is 11.4 Å². The summed E-state index contributed by atoms with van der Waals surface area (Å²) in [6, 6.07) is 29.4. The van der Waals surface area contributed by atoms with Crippen molar-refractivity contribution in [3.63, 3.8) is 0 Å². The molecule has 6 rings (SSSR count). The fourth-order valence-corrected chi connectivity index (χ4v) is 8.97. The van der Waals surface area contributed by atoms with E-state index in [1.54, 1.807) is 12.1 Å². The van der Waals surface area contributed by atoms with Crippen molar-refractivity contribution in [1.29, 1.82) is 0 Å². The van der Waals surface area contributed by atoms with Gasteiger partial charge in [-0.25, -0.2) is 0 Å². The number of azo groups is 2. The average Bonchev–Trinajstić information content (AvgIpc) is 2.98. The molecule has 13 heteroatoms. The molecule has 0 N–H and O–H groups in total. The molecule has 0 saturated carbocycles. The number of hydrogen-bond donors (Lipinski definition) is 0. The molecule has 0 aromatic heterocycles. The maximum atomic E-state index is 12.1. The van der Waals surface area contributed by atoms with Crippen molar-refractivity contribution in [3.8, 4) is 11.5 Å². The van der Waals surface area contributed by atoms with Crippen molar-refractivity contribution >= 4 is 140 Å². The first-order valence-electron chi connectivity index (χ1n) is 12.6. The zero-order valence-electron chi connectivity index (χ0n) is 22.4. The third-order valence-electron chi connectivity index (χ3n) is 6.19. The molecular formula is C32H16Br6N4NiO2. The van der Waals surface area contributed by atoms with Crippen LogP contribution in [0, 0.1) is 0 Å². The smallest absolute Gasteiger partial charge is 0.871 e. The molecule has 0 bridgehead atoms. The van der Waals surface area contributed by atoms with E-state index in [9.17, 15) is 10.2 Å². The molecule has 0 aliphatic heterocycles. The fourth-order valence-electron chi connectivity index (χ4n) is 4.14. The van der Waals surface area contributed by atoms with Crippen LogP contribution in [0.2, 0.25) is 0 Å². The first-order valence-corrected chi connectivity index (χ1v) is 17.4. The Balaban J connectivity index is 0.000000200. The zero-order valence-corrected chi connectivity index (χ0v) is 32.9. The molecule has 0 aliphatic carbocycles. The predicted molar refractivity (Wildman–Crippen MR) is 194 cm³/mol. The van der Waals surface area contributed by atoms with Gasteiger partial charge in [-0.1, -0.05) is 116 Å². The van der Waals surface area contributed by atoms with Gasteiger partial charge in [-0.2, -0.15) is 10.2 Å². The van der Waals surface area contributed by atoms with E-state index >= 15 is 0 Å². The van der Waals surface area contributed by atoms with Crippen LogP contribution in [0.15, 0.2) is 144 Å². The van der Waals surface area contributed by atoms with Crippen LogP contribution in [0.5, 0.6) is 11.5 Å². The molecule has 0 spiro atoms. The molecule has 0 aliphatic rings. The van der Waals surface area contributed by atoms with E-state index in [1.807, 2.05) is 72.8 Å². The van der Waals surface area contributed by atoms with Crippen LogP contribution in [0.4, 0.5) is 22.7 Å². The minimum Gasteiger partial charge on any atom is -0.871 e. The van der Waals surface area contributed by atoms with Crippen molar-refractivity contribution in [2.24, 2.45) is 20.5 Å². The molecule has 228 valence electrons. The number of rotatable bonds is 4. The average molecular weight is 1030 g/mol. The summed E-state index contributed by atoms with van der Waals surface area (Å²) in [6.07, 6.45) is 0. The first-order chi connectivity index (χ1) is 21.1. The zero-order chi connectivity index (χ0) is 31.4. The first kappa shape index (κ1) is 35.9. The van der Waals surface area contributed by atoms with Gasteiger partial charge in [0.25, 0.3) is 0 Å². The van der Waals surface area contributed by atoms with Crippen LogP contribution in [-0.2, 0) is 16.5 Å². The van der Waals surface area contributed by atoms with Gasteiger partial charge >= 0.3 is 16.5 Å². The normalized spacial score (nSPS) is 11.2. The summed E-state index contributed by atoms with van der Waals surface area (Å²) in [4.78, 5) is 0. The molecule has 0 atom stereocenters. The number of benzene rings is 6. The summed E-state index contributed by atoms with van der Waals surface area (Å²) in [5.41, 5.74) is 1.96. The largest absolute Gasteiger partial charge is 2.00 e.